The van der Waals surface area contributed by atoms with Crippen LogP contribution in [0.2, 0.25) is 0 Å². The minimum Gasteiger partial charge on any atom is -0.285 e. The molecule has 0 aliphatic heterocycles. The predicted octanol–water partition coefficient (Wildman–Crippen LogP) is 4.42. The first kappa shape index (κ1) is 18.5. The van der Waals surface area contributed by atoms with E-state index in [1.165, 1.54) is 12.8 Å². The summed E-state index contributed by atoms with van der Waals surface area (Å²) in [4.78, 5) is 9.65. The molecule has 0 N–H and O–H groups in total. The van der Waals surface area contributed by atoms with Crippen LogP contribution in [-0.4, -0.2) is 44.9 Å². The minimum atomic E-state index is 0.150. The molecule has 0 amide bonds. The fourth-order valence-corrected chi connectivity index (χ4v) is 3.91. The second-order valence-corrected chi connectivity index (χ2v) is 7.63. The van der Waals surface area contributed by atoms with Gasteiger partial charge in [-0.3, -0.25) is 9.98 Å². The molecule has 0 radical (unpaired) electrons. The highest BCUT2D eigenvalue weighted by Gasteiger charge is 2.23. The molecule has 1 aliphatic rings. The Kier molecular flexibility index (Phi) is 5.21. The van der Waals surface area contributed by atoms with Crippen molar-refractivity contribution in [1.82, 2.24) is 20.4 Å². The van der Waals surface area contributed by atoms with Crippen LogP contribution >= 0.6 is 0 Å². The highest BCUT2D eigenvalue weighted by atomic mass is 15.1. The Balaban J connectivity index is 1.34. The van der Waals surface area contributed by atoms with Gasteiger partial charge in [-0.15, -0.1) is 20.4 Å². The van der Waals surface area contributed by atoms with Gasteiger partial charge in [0.2, 0.25) is 0 Å². The molecule has 30 heavy (non-hydrogen) atoms. The molecule has 2 unspecified atom stereocenters. The zero-order chi connectivity index (χ0) is 20.2. The molecular weight excluding hydrogens is 372 g/mol. The molecule has 2 aromatic heterocycles. The molecule has 6 nitrogen and oxygen atoms in total. The molecule has 0 bridgehead atoms. The third-order valence-electron chi connectivity index (χ3n) is 5.52. The largest absolute Gasteiger partial charge is 0.285 e. The fraction of sp³-hybridized carbons (Fsp3) is 0.250. The summed E-state index contributed by atoms with van der Waals surface area (Å²) in [6.45, 7) is 0. The van der Waals surface area contributed by atoms with Crippen LogP contribution in [0.25, 0.3) is 21.8 Å². The number of hydrogen-bond donors (Lipinski definition) is 0. The Hall–Kier alpha value is -3.54. The molecule has 6 heteroatoms. The average molecular weight is 394 g/mol. The summed E-state index contributed by atoms with van der Waals surface area (Å²) >= 11 is 0. The Bertz CT molecular complexity index is 1140. The zero-order valence-electron chi connectivity index (χ0n) is 16.6. The molecule has 5 rings (SSSR count). The molecule has 2 atom stereocenters. The summed E-state index contributed by atoms with van der Waals surface area (Å²) in [7, 11) is 0. The van der Waals surface area contributed by atoms with Crippen LogP contribution < -0.4 is 0 Å². The number of nitrogens with zero attached hydrogens (tertiary/aromatic N) is 6. The summed E-state index contributed by atoms with van der Waals surface area (Å²) < 4.78 is 0. The van der Waals surface area contributed by atoms with Gasteiger partial charge in [-0.1, -0.05) is 49.2 Å². The maximum Gasteiger partial charge on any atom is 0.104 e. The molecule has 0 spiro atoms. The third kappa shape index (κ3) is 4.08. The van der Waals surface area contributed by atoms with Crippen molar-refractivity contribution >= 4 is 34.2 Å². The molecule has 0 saturated heterocycles. The van der Waals surface area contributed by atoms with Gasteiger partial charge in [-0.25, -0.2) is 0 Å². The van der Waals surface area contributed by atoms with Crippen molar-refractivity contribution in [1.29, 1.82) is 0 Å². The molecule has 1 fully saturated rings. The van der Waals surface area contributed by atoms with Crippen molar-refractivity contribution in [3.05, 3.63) is 72.1 Å². The van der Waals surface area contributed by atoms with Crippen molar-refractivity contribution < 1.29 is 0 Å². The van der Waals surface area contributed by atoms with Gasteiger partial charge < -0.3 is 0 Å². The first-order valence-electron chi connectivity index (χ1n) is 10.4. The lowest BCUT2D eigenvalue weighted by molar-refractivity contribution is 0.390. The quantitative estimate of drug-likeness (QED) is 0.480. The molecule has 2 aromatic carbocycles. The summed E-state index contributed by atoms with van der Waals surface area (Å²) in [6.07, 6.45) is 8.09. The highest BCUT2D eigenvalue weighted by Crippen LogP contribution is 2.24. The second kappa shape index (κ2) is 8.45. The van der Waals surface area contributed by atoms with Gasteiger partial charge in [0.05, 0.1) is 23.1 Å². The van der Waals surface area contributed by atoms with Crippen molar-refractivity contribution in [3.63, 3.8) is 0 Å². The predicted molar refractivity (Wildman–Crippen MR) is 120 cm³/mol. The van der Waals surface area contributed by atoms with E-state index in [9.17, 15) is 0 Å². The Morgan fingerprint density at radius 2 is 1.10 bits per heavy atom. The molecule has 148 valence electrons. The van der Waals surface area contributed by atoms with Crippen LogP contribution in [0.4, 0.5) is 0 Å². The van der Waals surface area contributed by atoms with Crippen molar-refractivity contribution in [2.45, 2.75) is 37.8 Å². The maximum atomic E-state index is 4.83. The van der Waals surface area contributed by atoms with Gasteiger partial charge in [0, 0.05) is 23.2 Å². The molecule has 1 aliphatic carbocycles. The zero-order valence-corrected chi connectivity index (χ0v) is 16.6. The average Bonchev–Trinajstić information content (AvgIpc) is 2.81. The maximum absolute atomic E-state index is 4.83. The first-order chi connectivity index (χ1) is 14.8. The van der Waals surface area contributed by atoms with E-state index in [1.807, 2.05) is 73.1 Å². The van der Waals surface area contributed by atoms with Crippen molar-refractivity contribution in [3.8, 4) is 0 Å². The summed E-state index contributed by atoms with van der Waals surface area (Å²) in [5.41, 5.74) is 3.35. The van der Waals surface area contributed by atoms with Gasteiger partial charge in [0.15, 0.2) is 0 Å². The SMILES string of the molecule is C(=NC1CCCCC1N=Cc1cc2ccccc2nn1)c1cc2ccccc2nn1. The lowest BCUT2D eigenvalue weighted by Crippen LogP contribution is -2.27. The topological polar surface area (TPSA) is 76.3 Å². The van der Waals surface area contributed by atoms with Crippen LogP contribution in [0.5, 0.6) is 0 Å². The summed E-state index contributed by atoms with van der Waals surface area (Å²) in [6, 6.07) is 20.3. The smallest absolute Gasteiger partial charge is 0.104 e. The number of hydrogen-bond acceptors (Lipinski definition) is 6. The van der Waals surface area contributed by atoms with Gasteiger partial charge in [0.1, 0.15) is 11.4 Å². The van der Waals surface area contributed by atoms with Crippen molar-refractivity contribution in [2.24, 2.45) is 9.98 Å². The van der Waals surface area contributed by atoms with Gasteiger partial charge in [-0.2, -0.15) is 0 Å². The van der Waals surface area contributed by atoms with E-state index >= 15 is 0 Å². The van der Waals surface area contributed by atoms with E-state index in [1.54, 1.807) is 0 Å². The van der Waals surface area contributed by atoms with Crippen LogP contribution in [0.3, 0.4) is 0 Å². The van der Waals surface area contributed by atoms with E-state index < -0.39 is 0 Å². The van der Waals surface area contributed by atoms with E-state index in [0.717, 1.165) is 46.0 Å². The third-order valence-corrected chi connectivity index (χ3v) is 5.52. The van der Waals surface area contributed by atoms with Crippen LogP contribution in [-0.2, 0) is 0 Å². The monoisotopic (exact) mass is 394 g/mol. The van der Waals surface area contributed by atoms with E-state index in [-0.39, 0.29) is 12.1 Å². The molecule has 1 saturated carbocycles. The number of rotatable bonds is 4. The Morgan fingerprint density at radius 3 is 1.60 bits per heavy atom. The van der Waals surface area contributed by atoms with Gasteiger partial charge in [-0.05, 0) is 37.1 Å². The van der Waals surface area contributed by atoms with E-state index in [4.69, 9.17) is 9.98 Å². The summed E-state index contributed by atoms with van der Waals surface area (Å²) in [5, 5.41) is 19.3. The van der Waals surface area contributed by atoms with Crippen LogP contribution in [0.15, 0.2) is 70.6 Å². The number of fused-ring (bicyclic) bond motifs is 2. The highest BCUT2D eigenvalue weighted by molar-refractivity contribution is 5.86. The van der Waals surface area contributed by atoms with Crippen molar-refractivity contribution in [2.75, 3.05) is 0 Å². The number of aliphatic imine (C=N–C) groups is 2. The Morgan fingerprint density at radius 1 is 0.633 bits per heavy atom. The number of aromatic nitrogens is 4. The normalized spacial score (nSPS) is 19.9. The van der Waals surface area contributed by atoms with Gasteiger partial charge >= 0.3 is 0 Å². The fourth-order valence-electron chi connectivity index (χ4n) is 3.91. The Labute approximate surface area is 174 Å². The van der Waals surface area contributed by atoms with E-state index in [0.29, 0.717) is 0 Å². The first-order valence-corrected chi connectivity index (χ1v) is 10.4. The molecular formula is C24H22N6. The molecule has 2 heterocycles. The van der Waals surface area contributed by atoms with E-state index in [2.05, 4.69) is 20.4 Å². The molecule has 4 aromatic rings. The van der Waals surface area contributed by atoms with Gasteiger partial charge in [0.25, 0.3) is 0 Å². The summed E-state index contributed by atoms with van der Waals surface area (Å²) in [5.74, 6) is 0. The van der Waals surface area contributed by atoms with Crippen LogP contribution in [0, 0.1) is 0 Å². The minimum absolute atomic E-state index is 0.150. The number of benzene rings is 2. The van der Waals surface area contributed by atoms with Crippen LogP contribution in [0.1, 0.15) is 37.1 Å². The second-order valence-electron chi connectivity index (χ2n) is 7.63. The standard InChI is InChI=1S/C24H22N6/c1-3-9-21-17(7-1)13-19(27-29-21)15-25-23-11-5-6-12-24(23)26-16-20-14-18-8-2-4-10-22(18)30-28-20/h1-4,7-10,13-16,23-24H,5-6,11-12H2. The lowest BCUT2D eigenvalue weighted by Gasteiger charge is -2.25. The lowest BCUT2D eigenvalue weighted by atomic mass is 9.91.